The second-order valence-corrected chi connectivity index (χ2v) is 13.7. The van der Waals surface area contributed by atoms with Crippen molar-refractivity contribution < 1.29 is 29.3 Å². The lowest BCUT2D eigenvalue weighted by molar-refractivity contribution is -0.243. The smallest absolute Gasteiger partial charge is 0.407 e. The predicted molar refractivity (Wildman–Crippen MR) is 141 cm³/mol. The van der Waals surface area contributed by atoms with Gasteiger partial charge in [-0.2, -0.15) is 0 Å². The number of hydrogen-bond acceptors (Lipinski definition) is 7. The molecule has 0 aromatic heterocycles. The van der Waals surface area contributed by atoms with E-state index in [0.29, 0.717) is 25.4 Å². The molecule has 8 heteroatoms. The van der Waals surface area contributed by atoms with Gasteiger partial charge < -0.3 is 25.0 Å². The van der Waals surface area contributed by atoms with Gasteiger partial charge in [-0.05, 0) is 112 Å². The standard InChI is InChI=1S/C30H46N2O6/c1-28-9-7-21(31-27(35)37-14-13-32-11-3-4-12-32)16-20(28)5-6-23-24(28)17-25(33)29(2)22(8-10-30(23,29)36)19-15-26(34)38-18-19/h15,20-25,33,36H,3-14,16-18H2,1-2H3,(H,31,35)/t20-,21+,22-,23?,24+,25-,28+,29+,30+/m1/s1. The number of nitrogens with one attached hydrogen (secondary N) is 1. The molecule has 1 amide bonds. The van der Waals surface area contributed by atoms with Crippen LogP contribution in [0.3, 0.4) is 0 Å². The lowest BCUT2D eigenvalue weighted by Gasteiger charge is -2.65. The first-order valence-corrected chi connectivity index (χ1v) is 15.1. The summed E-state index contributed by atoms with van der Waals surface area (Å²) in [6.07, 6.45) is 10.0. The molecule has 1 saturated heterocycles. The zero-order valence-electron chi connectivity index (χ0n) is 23.1. The van der Waals surface area contributed by atoms with Crippen LogP contribution in [0.2, 0.25) is 0 Å². The van der Waals surface area contributed by atoms with Crippen molar-refractivity contribution in [2.75, 3.05) is 32.8 Å². The second kappa shape index (κ2) is 9.77. The molecule has 212 valence electrons. The number of esters is 1. The van der Waals surface area contributed by atoms with E-state index in [1.807, 2.05) is 0 Å². The average Bonchev–Trinajstić information content (AvgIpc) is 3.61. The molecule has 38 heavy (non-hydrogen) atoms. The van der Waals surface area contributed by atoms with Crippen LogP contribution in [-0.4, -0.2) is 77.8 Å². The maximum atomic E-state index is 12.5. The van der Waals surface area contributed by atoms with Crippen LogP contribution in [0.4, 0.5) is 4.79 Å². The first-order chi connectivity index (χ1) is 18.1. The number of aliphatic hydroxyl groups excluding tert-OH is 1. The molecule has 6 aliphatic rings. The van der Waals surface area contributed by atoms with Crippen LogP contribution in [0.1, 0.15) is 78.1 Å². The summed E-state index contributed by atoms with van der Waals surface area (Å²) in [5, 5.41) is 27.2. The van der Waals surface area contributed by atoms with Gasteiger partial charge in [0.2, 0.25) is 0 Å². The third-order valence-electron chi connectivity index (χ3n) is 12.2. The van der Waals surface area contributed by atoms with Gasteiger partial charge in [-0.25, -0.2) is 9.59 Å². The lowest BCUT2D eigenvalue weighted by Crippen LogP contribution is -2.67. The highest BCUT2D eigenvalue weighted by Gasteiger charge is 2.70. The SMILES string of the molecule is C[C@]12CC[C@H](NC(=O)OCCN3CCCC3)C[C@H]1CCC1[C@@H]2C[C@@H](O)[C@]2(C)[C@@H](C3=CC(=O)OC3)CC[C@]12O. The van der Waals surface area contributed by atoms with Gasteiger partial charge in [0.15, 0.2) is 0 Å². The van der Waals surface area contributed by atoms with Gasteiger partial charge in [0.25, 0.3) is 0 Å². The van der Waals surface area contributed by atoms with E-state index in [2.05, 4.69) is 24.1 Å². The van der Waals surface area contributed by atoms with Gasteiger partial charge in [-0.3, -0.25) is 4.90 Å². The van der Waals surface area contributed by atoms with Gasteiger partial charge in [0.05, 0.1) is 11.7 Å². The fraction of sp³-hybridized carbons (Fsp3) is 0.867. The van der Waals surface area contributed by atoms with Crippen LogP contribution in [-0.2, 0) is 14.3 Å². The molecular formula is C30H46N2O6. The number of fused-ring (bicyclic) bond motifs is 5. The van der Waals surface area contributed by atoms with Crippen molar-refractivity contribution in [1.29, 1.82) is 0 Å². The fourth-order valence-electron chi connectivity index (χ4n) is 10.0. The van der Waals surface area contributed by atoms with Crippen LogP contribution >= 0.6 is 0 Å². The Labute approximate surface area is 226 Å². The van der Waals surface area contributed by atoms with Crippen molar-refractivity contribution >= 4 is 12.1 Å². The molecule has 5 fully saturated rings. The summed E-state index contributed by atoms with van der Waals surface area (Å²) in [4.78, 5) is 26.7. The highest BCUT2D eigenvalue weighted by molar-refractivity contribution is 5.85. The third-order valence-corrected chi connectivity index (χ3v) is 12.2. The van der Waals surface area contributed by atoms with E-state index < -0.39 is 17.1 Å². The van der Waals surface area contributed by atoms with Gasteiger partial charge >= 0.3 is 12.1 Å². The second-order valence-electron chi connectivity index (χ2n) is 13.7. The molecule has 0 aromatic rings. The molecule has 0 spiro atoms. The Kier molecular flexibility index (Phi) is 6.83. The molecule has 0 aromatic carbocycles. The Morgan fingerprint density at radius 3 is 2.66 bits per heavy atom. The summed E-state index contributed by atoms with van der Waals surface area (Å²) in [5.74, 6) is 0.499. The number of hydrogen-bond donors (Lipinski definition) is 3. The molecule has 6 rings (SSSR count). The first kappa shape index (κ1) is 26.6. The largest absolute Gasteiger partial charge is 0.458 e. The van der Waals surface area contributed by atoms with Crippen molar-refractivity contribution in [3.05, 3.63) is 11.6 Å². The minimum Gasteiger partial charge on any atom is -0.458 e. The van der Waals surface area contributed by atoms with Crippen molar-refractivity contribution in [2.45, 2.75) is 95.8 Å². The van der Waals surface area contributed by atoms with Gasteiger partial charge in [-0.1, -0.05) is 13.8 Å². The Morgan fingerprint density at radius 1 is 1.13 bits per heavy atom. The van der Waals surface area contributed by atoms with E-state index in [0.717, 1.165) is 63.7 Å². The quantitative estimate of drug-likeness (QED) is 0.468. The molecule has 2 heterocycles. The van der Waals surface area contributed by atoms with Crippen LogP contribution in [0, 0.1) is 34.5 Å². The van der Waals surface area contributed by atoms with Crippen LogP contribution in [0.15, 0.2) is 11.6 Å². The summed E-state index contributed by atoms with van der Waals surface area (Å²) in [6.45, 7) is 8.17. The maximum absolute atomic E-state index is 12.5. The number of alkyl carbamates (subject to hydrolysis) is 1. The number of cyclic esters (lactones) is 1. The molecule has 0 radical (unpaired) electrons. The average molecular weight is 531 g/mol. The fourth-order valence-corrected chi connectivity index (χ4v) is 10.0. The van der Waals surface area contributed by atoms with E-state index in [-0.39, 0.29) is 47.9 Å². The maximum Gasteiger partial charge on any atom is 0.407 e. The van der Waals surface area contributed by atoms with Crippen molar-refractivity contribution in [3.8, 4) is 0 Å². The Bertz CT molecular complexity index is 980. The van der Waals surface area contributed by atoms with E-state index in [1.165, 1.54) is 12.8 Å². The minimum absolute atomic E-state index is 0.0303. The van der Waals surface area contributed by atoms with Gasteiger partial charge in [-0.15, -0.1) is 0 Å². The number of ether oxygens (including phenoxy) is 2. The Hall–Kier alpha value is -1.64. The molecular weight excluding hydrogens is 484 g/mol. The summed E-state index contributed by atoms with van der Waals surface area (Å²) in [5.41, 5.74) is -0.656. The topological polar surface area (TPSA) is 108 Å². The normalized spacial score (nSPS) is 46.5. The zero-order chi connectivity index (χ0) is 26.7. The highest BCUT2D eigenvalue weighted by Crippen LogP contribution is 2.69. The molecule has 1 unspecified atom stereocenters. The summed E-state index contributed by atoms with van der Waals surface area (Å²) >= 11 is 0. The monoisotopic (exact) mass is 530 g/mol. The van der Waals surface area contributed by atoms with E-state index >= 15 is 0 Å². The number of carbonyl (C=O) groups is 2. The predicted octanol–water partition coefficient (Wildman–Crippen LogP) is 3.40. The van der Waals surface area contributed by atoms with Gasteiger partial charge in [0.1, 0.15) is 13.2 Å². The van der Waals surface area contributed by atoms with E-state index in [1.54, 1.807) is 6.08 Å². The summed E-state index contributed by atoms with van der Waals surface area (Å²) in [6, 6.07) is 0.119. The molecule has 4 aliphatic carbocycles. The lowest BCUT2D eigenvalue weighted by atomic mass is 9.42. The van der Waals surface area contributed by atoms with Gasteiger partial charge in [0, 0.05) is 24.1 Å². The summed E-state index contributed by atoms with van der Waals surface area (Å²) < 4.78 is 10.7. The summed E-state index contributed by atoms with van der Waals surface area (Å²) in [7, 11) is 0. The first-order valence-electron chi connectivity index (χ1n) is 15.1. The number of nitrogens with zero attached hydrogens (tertiary/aromatic N) is 1. The van der Waals surface area contributed by atoms with Crippen molar-refractivity contribution in [2.24, 2.45) is 34.5 Å². The minimum atomic E-state index is -0.950. The number of amides is 1. The van der Waals surface area contributed by atoms with Crippen molar-refractivity contribution in [3.63, 3.8) is 0 Å². The highest BCUT2D eigenvalue weighted by atomic mass is 16.5. The number of rotatable bonds is 5. The number of likely N-dealkylation sites (tertiary alicyclic amines) is 1. The van der Waals surface area contributed by atoms with Crippen LogP contribution in [0.5, 0.6) is 0 Å². The Morgan fingerprint density at radius 2 is 1.92 bits per heavy atom. The number of carbonyl (C=O) groups excluding carboxylic acids is 2. The van der Waals surface area contributed by atoms with E-state index in [9.17, 15) is 19.8 Å². The Balaban J connectivity index is 1.11. The molecule has 2 aliphatic heterocycles. The molecule has 3 N–H and O–H groups in total. The van der Waals surface area contributed by atoms with Crippen molar-refractivity contribution in [1.82, 2.24) is 10.2 Å². The zero-order valence-corrected chi connectivity index (χ0v) is 23.1. The molecule has 0 bridgehead atoms. The van der Waals surface area contributed by atoms with Crippen LogP contribution in [0.25, 0.3) is 0 Å². The van der Waals surface area contributed by atoms with E-state index in [4.69, 9.17) is 9.47 Å². The number of aliphatic hydroxyl groups is 2. The van der Waals surface area contributed by atoms with Crippen LogP contribution < -0.4 is 5.32 Å². The molecule has 4 saturated carbocycles. The molecule has 8 nitrogen and oxygen atoms in total. The molecule has 9 atom stereocenters. The third kappa shape index (κ3) is 4.12.